The van der Waals surface area contributed by atoms with Crippen molar-refractivity contribution in [3.8, 4) is 0 Å². The SMILES string of the molecule is CCCOS(=O)(=O)C(CCC)(CCC)CCC.N. The molecule has 0 aliphatic rings. The summed E-state index contributed by atoms with van der Waals surface area (Å²) in [7, 11) is -3.43. The first-order valence-corrected chi connectivity index (χ1v) is 8.29. The molecule has 0 atom stereocenters. The molecule has 0 fully saturated rings. The Morgan fingerprint density at radius 1 is 0.833 bits per heavy atom. The smallest absolute Gasteiger partial charge is 0.273 e. The maximum Gasteiger partial charge on any atom is 0.273 e. The van der Waals surface area contributed by atoms with E-state index in [9.17, 15) is 8.42 Å². The molecule has 0 spiro atoms. The van der Waals surface area contributed by atoms with Crippen LogP contribution in [0.2, 0.25) is 0 Å². The van der Waals surface area contributed by atoms with Crippen LogP contribution in [-0.2, 0) is 14.3 Å². The molecule has 0 unspecified atom stereocenters. The van der Waals surface area contributed by atoms with Gasteiger partial charge in [-0.25, -0.2) is 0 Å². The summed E-state index contributed by atoms with van der Waals surface area (Å²) in [6.45, 7) is 8.35. The molecule has 0 rings (SSSR count). The largest absolute Gasteiger partial charge is 0.344 e. The highest BCUT2D eigenvalue weighted by molar-refractivity contribution is 7.88. The van der Waals surface area contributed by atoms with Crippen molar-refractivity contribution in [1.82, 2.24) is 6.15 Å². The molecular formula is C13H31NO3S. The van der Waals surface area contributed by atoms with Crippen LogP contribution in [0.15, 0.2) is 0 Å². The molecule has 112 valence electrons. The summed E-state index contributed by atoms with van der Waals surface area (Å²) in [5.41, 5.74) is 0. The van der Waals surface area contributed by atoms with Crippen LogP contribution in [0.25, 0.3) is 0 Å². The second kappa shape index (κ2) is 9.75. The van der Waals surface area contributed by atoms with Crippen LogP contribution in [0.3, 0.4) is 0 Å². The van der Waals surface area contributed by atoms with E-state index in [-0.39, 0.29) is 6.15 Å². The molecule has 0 amide bonds. The maximum atomic E-state index is 12.4. The van der Waals surface area contributed by atoms with Gasteiger partial charge in [-0.1, -0.05) is 47.0 Å². The zero-order chi connectivity index (χ0) is 13.4. The van der Waals surface area contributed by atoms with E-state index in [1.54, 1.807) is 0 Å². The minimum absolute atomic E-state index is 0. The first kappa shape index (κ1) is 20.2. The molecule has 0 aromatic rings. The van der Waals surface area contributed by atoms with Gasteiger partial charge < -0.3 is 6.15 Å². The van der Waals surface area contributed by atoms with E-state index in [2.05, 4.69) is 0 Å². The molecule has 0 aliphatic carbocycles. The number of rotatable bonds is 10. The highest BCUT2D eigenvalue weighted by Crippen LogP contribution is 2.35. The lowest BCUT2D eigenvalue weighted by atomic mass is 9.92. The predicted octanol–water partition coefficient (Wildman–Crippen LogP) is 4.04. The van der Waals surface area contributed by atoms with Gasteiger partial charge in [0.05, 0.1) is 11.4 Å². The number of hydrogen-bond acceptors (Lipinski definition) is 4. The lowest BCUT2D eigenvalue weighted by Crippen LogP contribution is -2.40. The summed E-state index contributed by atoms with van der Waals surface area (Å²) >= 11 is 0. The fraction of sp³-hybridized carbons (Fsp3) is 1.00. The molecule has 0 radical (unpaired) electrons. The van der Waals surface area contributed by atoms with Crippen molar-refractivity contribution in [1.29, 1.82) is 0 Å². The van der Waals surface area contributed by atoms with Crippen molar-refractivity contribution in [2.75, 3.05) is 6.61 Å². The van der Waals surface area contributed by atoms with Gasteiger partial charge in [-0.15, -0.1) is 0 Å². The minimum atomic E-state index is -3.43. The van der Waals surface area contributed by atoms with Gasteiger partial charge in [-0.2, -0.15) is 8.42 Å². The fourth-order valence-electron chi connectivity index (χ4n) is 2.43. The van der Waals surface area contributed by atoms with E-state index in [1.165, 1.54) is 0 Å². The zero-order valence-electron chi connectivity index (χ0n) is 12.5. The van der Waals surface area contributed by atoms with Gasteiger partial charge in [-0.3, -0.25) is 4.18 Å². The van der Waals surface area contributed by atoms with Crippen molar-refractivity contribution in [3.05, 3.63) is 0 Å². The van der Waals surface area contributed by atoms with Crippen molar-refractivity contribution in [2.24, 2.45) is 0 Å². The van der Waals surface area contributed by atoms with Crippen LogP contribution in [0, 0.1) is 0 Å². The maximum absolute atomic E-state index is 12.4. The molecule has 3 N–H and O–H groups in total. The van der Waals surface area contributed by atoms with Crippen LogP contribution in [0.4, 0.5) is 0 Å². The summed E-state index contributed by atoms with van der Waals surface area (Å²) in [6.07, 6.45) is 5.51. The molecule has 18 heavy (non-hydrogen) atoms. The average molecular weight is 281 g/mol. The summed E-state index contributed by atoms with van der Waals surface area (Å²) < 4.78 is 29.2. The van der Waals surface area contributed by atoms with Crippen molar-refractivity contribution in [3.63, 3.8) is 0 Å². The monoisotopic (exact) mass is 281 g/mol. The summed E-state index contributed by atoms with van der Waals surface area (Å²) in [6, 6.07) is 0. The number of hydrogen-bond donors (Lipinski definition) is 1. The van der Waals surface area contributed by atoms with Crippen LogP contribution in [0.1, 0.15) is 72.6 Å². The second-order valence-corrected chi connectivity index (χ2v) is 6.72. The second-order valence-electron chi connectivity index (χ2n) is 4.71. The third-order valence-corrected chi connectivity index (χ3v) is 5.24. The van der Waals surface area contributed by atoms with Crippen LogP contribution < -0.4 is 6.15 Å². The first-order valence-electron chi connectivity index (χ1n) is 6.88. The Kier molecular flexibility index (Phi) is 10.9. The normalized spacial score (nSPS) is 12.2. The molecule has 0 heterocycles. The van der Waals surface area contributed by atoms with Crippen LogP contribution in [0.5, 0.6) is 0 Å². The topological polar surface area (TPSA) is 78.4 Å². The van der Waals surface area contributed by atoms with Gasteiger partial charge in [0.25, 0.3) is 10.1 Å². The zero-order valence-corrected chi connectivity index (χ0v) is 13.3. The Balaban J connectivity index is 0. The van der Waals surface area contributed by atoms with Gasteiger partial charge in [0.1, 0.15) is 0 Å². The molecule has 0 saturated carbocycles. The molecule has 0 aliphatic heterocycles. The summed E-state index contributed by atoms with van der Waals surface area (Å²) in [5.74, 6) is 0. The van der Waals surface area contributed by atoms with E-state index < -0.39 is 14.9 Å². The van der Waals surface area contributed by atoms with Crippen molar-refractivity contribution >= 4 is 10.1 Å². The van der Waals surface area contributed by atoms with Crippen LogP contribution >= 0.6 is 0 Å². The van der Waals surface area contributed by atoms with Crippen LogP contribution in [-0.4, -0.2) is 19.8 Å². The highest BCUT2D eigenvalue weighted by Gasteiger charge is 2.42. The molecule has 0 aromatic carbocycles. The Morgan fingerprint density at radius 2 is 1.22 bits per heavy atom. The first-order chi connectivity index (χ1) is 7.99. The van der Waals surface area contributed by atoms with E-state index in [0.717, 1.165) is 25.7 Å². The van der Waals surface area contributed by atoms with E-state index >= 15 is 0 Å². The van der Waals surface area contributed by atoms with E-state index in [4.69, 9.17) is 4.18 Å². The van der Waals surface area contributed by atoms with Gasteiger partial charge in [-0.05, 0) is 25.7 Å². The minimum Gasteiger partial charge on any atom is -0.344 e. The lowest BCUT2D eigenvalue weighted by Gasteiger charge is -2.32. The molecule has 0 saturated heterocycles. The van der Waals surface area contributed by atoms with Crippen molar-refractivity contribution < 1.29 is 12.6 Å². The van der Waals surface area contributed by atoms with Gasteiger partial charge >= 0.3 is 0 Å². The highest BCUT2D eigenvalue weighted by atomic mass is 32.2. The Morgan fingerprint density at radius 3 is 1.50 bits per heavy atom. The Labute approximate surface area is 113 Å². The Bertz CT molecular complexity index is 272. The quantitative estimate of drug-likeness (QED) is 0.613. The van der Waals surface area contributed by atoms with E-state index in [0.29, 0.717) is 25.9 Å². The standard InChI is InChI=1S/C13H28O3S.H3N/c1-5-9-13(10-6-2,11-7-3)17(14,15)16-12-8-4;/h5-12H2,1-4H3;1H3. The average Bonchev–Trinajstić information content (AvgIpc) is 2.27. The molecule has 0 aromatic heterocycles. The molecule has 0 bridgehead atoms. The fourth-order valence-corrected chi connectivity index (χ4v) is 4.43. The summed E-state index contributed by atoms with van der Waals surface area (Å²) in [4.78, 5) is 0. The van der Waals surface area contributed by atoms with Gasteiger partial charge in [0.15, 0.2) is 0 Å². The van der Waals surface area contributed by atoms with Gasteiger partial charge in [0.2, 0.25) is 0 Å². The van der Waals surface area contributed by atoms with Crippen molar-refractivity contribution in [2.45, 2.75) is 77.4 Å². The van der Waals surface area contributed by atoms with E-state index in [1.807, 2.05) is 27.7 Å². The third kappa shape index (κ3) is 5.24. The summed E-state index contributed by atoms with van der Waals surface area (Å²) in [5, 5.41) is 0. The Hall–Kier alpha value is -0.130. The molecule has 4 nitrogen and oxygen atoms in total. The molecular weight excluding hydrogens is 250 g/mol. The third-order valence-electron chi connectivity index (χ3n) is 3.09. The molecule has 5 heteroatoms. The lowest BCUT2D eigenvalue weighted by molar-refractivity contribution is 0.280. The van der Waals surface area contributed by atoms with Gasteiger partial charge in [0, 0.05) is 0 Å². The predicted molar refractivity (Wildman–Crippen MR) is 77.6 cm³/mol.